The van der Waals surface area contributed by atoms with Crippen LogP contribution in [-0.2, 0) is 0 Å². The quantitative estimate of drug-likeness (QED) is 0.617. The maximum Gasteiger partial charge on any atom is 0.360 e. The lowest BCUT2D eigenvalue weighted by molar-refractivity contribution is 0.0684. The normalized spacial score (nSPS) is 23.1. The molecule has 0 spiro atoms. The number of carboxylic acid groups (broad SMARTS) is 1. The monoisotopic (exact) mass is 441 g/mol. The molecule has 2 fully saturated rings. The number of nitrogens with zero attached hydrogens (tertiary/aromatic N) is 3. The van der Waals surface area contributed by atoms with Crippen LogP contribution in [0.1, 0.15) is 61.1 Å². The molecule has 6 heteroatoms. The summed E-state index contributed by atoms with van der Waals surface area (Å²) in [4.78, 5) is 31.6. The van der Waals surface area contributed by atoms with E-state index in [1.54, 1.807) is 10.6 Å². The summed E-state index contributed by atoms with van der Waals surface area (Å²) < 4.78 is 1.70. The van der Waals surface area contributed by atoms with E-state index in [4.69, 9.17) is 0 Å². The molecule has 0 aliphatic carbocycles. The van der Waals surface area contributed by atoms with Gasteiger partial charge in [0.05, 0.1) is 17.1 Å². The standard InChI is InChI=1S/C27H27N3O3/c1-2-19(13-12-18-8-4-3-5-9-18)29-20-14-15-21(29)17-22(16-20)30-24-11-7-6-10-23(24)28-25(26(30)31)27(32)33/h3-11,19-22H,2,14-17H2,1H3,(H,32,33)/t19?,20-,21+,22?. The summed E-state index contributed by atoms with van der Waals surface area (Å²) in [6, 6.07) is 18.2. The fourth-order valence-corrected chi connectivity index (χ4v) is 5.64. The molecule has 2 aromatic carbocycles. The minimum absolute atomic E-state index is 0.0446. The predicted molar refractivity (Wildman–Crippen MR) is 127 cm³/mol. The number of hydrogen-bond donors (Lipinski definition) is 1. The number of hydrogen-bond acceptors (Lipinski definition) is 4. The van der Waals surface area contributed by atoms with E-state index in [2.05, 4.69) is 28.6 Å². The van der Waals surface area contributed by atoms with E-state index < -0.39 is 17.2 Å². The Hall–Kier alpha value is -3.43. The number of fused-ring (bicyclic) bond motifs is 3. The minimum atomic E-state index is -1.28. The van der Waals surface area contributed by atoms with Crippen LogP contribution in [0.4, 0.5) is 0 Å². The minimum Gasteiger partial charge on any atom is -0.476 e. The Kier molecular flexibility index (Phi) is 5.74. The Bertz CT molecular complexity index is 1290. The van der Waals surface area contributed by atoms with E-state index in [9.17, 15) is 14.7 Å². The smallest absolute Gasteiger partial charge is 0.360 e. The van der Waals surface area contributed by atoms with Crippen molar-refractivity contribution < 1.29 is 9.90 Å². The molecule has 33 heavy (non-hydrogen) atoms. The number of carboxylic acids is 1. The molecule has 2 unspecified atom stereocenters. The highest BCUT2D eigenvalue weighted by atomic mass is 16.4. The van der Waals surface area contributed by atoms with Crippen molar-refractivity contribution in [3.05, 3.63) is 76.2 Å². The number of para-hydroxylation sites is 2. The van der Waals surface area contributed by atoms with Gasteiger partial charge in [0, 0.05) is 23.7 Å². The molecule has 2 aliphatic rings. The second-order valence-corrected chi connectivity index (χ2v) is 8.95. The van der Waals surface area contributed by atoms with Crippen LogP contribution in [0.25, 0.3) is 11.0 Å². The van der Waals surface area contributed by atoms with Gasteiger partial charge in [-0.15, -0.1) is 0 Å². The lowest BCUT2D eigenvalue weighted by atomic mass is 9.94. The van der Waals surface area contributed by atoms with Gasteiger partial charge in [0.1, 0.15) is 0 Å². The van der Waals surface area contributed by atoms with Crippen LogP contribution in [0.15, 0.2) is 59.4 Å². The number of benzene rings is 2. The maximum absolute atomic E-state index is 13.2. The molecule has 5 rings (SSSR count). The molecule has 2 bridgehead atoms. The Morgan fingerprint density at radius 2 is 1.73 bits per heavy atom. The molecule has 0 saturated carbocycles. The van der Waals surface area contributed by atoms with Crippen LogP contribution in [-0.4, -0.2) is 43.7 Å². The summed E-state index contributed by atoms with van der Waals surface area (Å²) in [7, 11) is 0. The third-order valence-corrected chi connectivity index (χ3v) is 7.03. The van der Waals surface area contributed by atoms with Crippen LogP contribution in [0.3, 0.4) is 0 Å². The van der Waals surface area contributed by atoms with Crippen molar-refractivity contribution >= 4 is 17.0 Å². The van der Waals surface area contributed by atoms with Gasteiger partial charge in [-0.05, 0) is 56.4 Å². The van der Waals surface area contributed by atoms with Gasteiger partial charge in [-0.1, -0.05) is 49.1 Å². The molecular formula is C27H27N3O3. The zero-order valence-corrected chi connectivity index (χ0v) is 18.6. The van der Waals surface area contributed by atoms with Crippen molar-refractivity contribution in [1.29, 1.82) is 0 Å². The molecule has 3 aromatic rings. The molecule has 2 saturated heterocycles. The average molecular weight is 442 g/mol. The Labute approximate surface area is 192 Å². The highest BCUT2D eigenvalue weighted by Crippen LogP contribution is 2.42. The topological polar surface area (TPSA) is 75.4 Å². The summed E-state index contributed by atoms with van der Waals surface area (Å²) in [5, 5.41) is 9.56. The predicted octanol–water partition coefficient (Wildman–Crippen LogP) is 4.09. The fraction of sp³-hybridized carbons (Fsp3) is 0.370. The van der Waals surface area contributed by atoms with E-state index in [-0.39, 0.29) is 12.1 Å². The van der Waals surface area contributed by atoms with E-state index in [0.29, 0.717) is 23.1 Å². The first-order valence-corrected chi connectivity index (χ1v) is 11.7. The summed E-state index contributed by atoms with van der Waals surface area (Å²) in [6.45, 7) is 2.18. The Balaban J connectivity index is 1.47. The zero-order valence-electron chi connectivity index (χ0n) is 18.6. The first-order valence-electron chi connectivity index (χ1n) is 11.7. The molecule has 0 radical (unpaired) electrons. The Morgan fingerprint density at radius 1 is 1.06 bits per heavy atom. The SMILES string of the molecule is CCC(C#Cc1ccccc1)N1[C@@H]2CC[C@H]1CC(n1c(=O)c(C(=O)O)nc3ccccc31)C2. The molecule has 3 heterocycles. The number of piperidine rings is 1. The molecule has 1 aromatic heterocycles. The third kappa shape index (κ3) is 3.94. The summed E-state index contributed by atoms with van der Waals surface area (Å²) in [6.07, 6.45) is 4.72. The summed E-state index contributed by atoms with van der Waals surface area (Å²) in [5.74, 6) is 5.56. The second-order valence-electron chi connectivity index (χ2n) is 8.95. The lowest BCUT2D eigenvalue weighted by Crippen LogP contribution is -2.49. The first-order chi connectivity index (χ1) is 16.1. The number of rotatable bonds is 4. The van der Waals surface area contributed by atoms with Crippen molar-refractivity contribution in [2.24, 2.45) is 0 Å². The molecule has 1 N–H and O–H groups in total. The second kappa shape index (κ2) is 8.84. The van der Waals surface area contributed by atoms with Gasteiger partial charge in [0.2, 0.25) is 5.69 Å². The van der Waals surface area contributed by atoms with Crippen LogP contribution in [0.5, 0.6) is 0 Å². The van der Waals surface area contributed by atoms with Gasteiger partial charge in [-0.2, -0.15) is 0 Å². The van der Waals surface area contributed by atoms with Crippen LogP contribution >= 0.6 is 0 Å². The molecule has 4 atom stereocenters. The van der Waals surface area contributed by atoms with Gasteiger partial charge < -0.3 is 9.67 Å². The molecule has 2 aliphatic heterocycles. The van der Waals surface area contributed by atoms with Gasteiger partial charge in [0.15, 0.2) is 0 Å². The number of aromatic nitrogens is 2. The van der Waals surface area contributed by atoms with Crippen LogP contribution in [0, 0.1) is 11.8 Å². The zero-order chi connectivity index (χ0) is 22.9. The van der Waals surface area contributed by atoms with Gasteiger partial charge in [-0.3, -0.25) is 9.69 Å². The van der Waals surface area contributed by atoms with Crippen LogP contribution in [0.2, 0.25) is 0 Å². The van der Waals surface area contributed by atoms with Crippen molar-refractivity contribution in [3.63, 3.8) is 0 Å². The average Bonchev–Trinajstić information content (AvgIpc) is 3.08. The highest BCUT2D eigenvalue weighted by molar-refractivity contribution is 5.88. The van der Waals surface area contributed by atoms with Crippen LogP contribution < -0.4 is 5.56 Å². The van der Waals surface area contributed by atoms with Crippen molar-refractivity contribution in [1.82, 2.24) is 14.5 Å². The third-order valence-electron chi connectivity index (χ3n) is 7.03. The van der Waals surface area contributed by atoms with Gasteiger partial charge >= 0.3 is 5.97 Å². The summed E-state index contributed by atoms with van der Waals surface area (Å²) in [5.41, 5.74) is 1.37. The van der Waals surface area contributed by atoms with Crippen molar-refractivity contribution in [2.45, 2.75) is 63.2 Å². The lowest BCUT2D eigenvalue weighted by Gasteiger charge is -2.42. The summed E-state index contributed by atoms with van der Waals surface area (Å²) >= 11 is 0. The largest absolute Gasteiger partial charge is 0.476 e. The van der Waals surface area contributed by atoms with Gasteiger partial charge in [0.25, 0.3) is 5.56 Å². The molecule has 6 nitrogen and oxygen atoms in total. The number of carbonyl (C=O) groups is 1. The van der Waals surface area contributed by atoms with Crippen molar-refractivity contribution in [3.8, 4) is 11.8 Å². The highest BCUT2D eigenvalue weighted by Gasteiger charge is 2.44. The first kappa shape index (κ1) is 21.4. The molecular weight excluding hydrogens is 414 g/mol. The fourth-order valence-electron chi connectivity index (χ4n) is 5.64. The molecule has 0 amide bonds. The van der Waals surface area contributed by atoms with Crippen molar-refractivity contribution in [2.75, 3.05) is 0 Å². The van der Waals surface area contributed by atoms with E-state index >= 15 is 0 Å². The van der Waals surface area contributed by atoms with E-state index in [1.165, 1.54) is 0 Å². The maximum atomic E-state index is 13.2. The van der Waals surface area contributed by atoms with E-state index in [0.717, 1.165) is 37.7 Å². The molecule has 168 valence electrons. The Morgan fingerprint density at radius 3 is 2.39 bits per heavy atom. The van der Waals surface area contributed by atoms with E-state index in [1.807, 2.05) is 48.5 Å². The number of aromatic carboxylic acids is 1. The van der Waals surface area contributed by atoms with Gasteiger partial charge in [-0.25, -0.2) is 9.78 Å².